The third-order valence-corrected chi connectivity index (χ3v) is 12.7. The molecule has 0 fully saturated rings. The van der Waals surface area contributed by atoms with Crippen LogP contribution in [-0.4, -0.2) is 35.8 Å². The number of ether oxygens (including phenoxy) is 10. The van der Waals surface area contributed by atoms with E-state index in [9.17, 15) is 38.4 Å². The fraction of sp³-hybridized carbons (Fsp3) is 0.143. The van der Waals surface area contributed by atoms with Crippen LogP contribution in [0.5, 0.6) is 57.5 Å². The van der Waals surface area contributed by atoms with Gasteiger partial charge in [-0.15, -0.1) is 0 Å². The summed E-state index contributed by atoms with van der Waals surface area (Å²) < 4.78 is 68.4. The molecule has 0 radical (unpaired) electrons. The lowest BCUT2D eigenvalue weighted by atomic mass is 10.1. The molecule has 0 aliphatic rings. The van der Waals surface area contributed by atoms with Crippen molar-refractivity contribution in [3.63, 3.8) is 0 Å². The Bertz CT molecular complexity index is 4420. The lowest BCUT2D eigenvalue weighted by molar-refractivity contribution is -0.134. The first-order valence-corrected chi connectivity index (χ1v) is 27.7. The monoisotopic (exact) mass is 1220 g/mol. The Morgan fingerprint density at radius 3 is 1.14 bits per heavy atom. The van der Waals surface area contributed by atoms with Crippen molar-refractivity contribution in [1.29, 1.82) is 0 Å². The number of carbonyl (C=O) groups is 6. The Morgan fingerprint density at radius 2 is 0.667 bits per heavy atom. The first kappa shape index (κ1) is 62.7. The third kappa shape index (κ3) is 16.4. The highest BCUT2D eigenvalue weighted by molar-refractivity contribution is 5.93. The minimum absolute atomic E-state index is 0.0319. The van der Waals surface area contributed by atoms with E-state index in [1.807, 2.05) is 121 Å². The standard InChI is InChI=1S/C45H36O8.C25H20O12/c1-31(46)52-39-24-36(22-23-38(39)49-28-33-16-8-3-9-17-33)44-45(51-30-35-20-12-5-13-21-35)43(47)42-40(50-29-34-18-10-4-11-19-34)25-37(26-41(42)53-44)48-27-32-14-6-2-7-15-32;1-11(26)32-17-9-20(35-14(4)29)22-21(10-17)37-24(25(23(22)31)36-15(5)30)16-6-7-18(33-12(2)27)19(8-16)34-13(3)28/h2-26H,27-30H2,1H3;6-10H,1-5H3. The van der Waals surface area contributed by atoms with Crippen LogP contribution in [0.1, 0.15) is 63.8 Å². The van der Waals surface area contributed by atoms with Gasteiger partial charge in [0, 0.05) is 76.9 Å². The second-order valence-corrected chi connectivity index (χ2v) is 19.7. The van der Waals surface area contributed by atoms with Crippen molar-refractivity contribution < 1.29 is 85.0 Å². The summed E-state index contributed by atoms with van der Waals surface area (Å²) in [4.78, 5) is 98.4. The summed E-state index contributed by atoms with van der Waals surface area (Å²) in [5, 5.41) is -0.0781. The van der Waals surface area contributed by atoms with Crippen molar-refractivity contribution in [2.75, 3.05) is 0 Å². The molecule has 10 rings (SSSR count). The van der Waals surface area contributed by atoms with Gasteiger partial charge in [0.25, 0.3) is 0 Å². The molecule has 0 atom stereocenters. The van der Waals surface area contributed by atoms with E-state index >= 15 is 0 Å². The largest absolute Gasteiger partial charge is 0.489 e. The van der Waals surface area contributed by atoms with Gasteiger partial charge in [-0.2, -0.15) is 0 Å². The molecule has 20 nitrogen and oxygen atoms in total. The maximum atomic E-state index is 14.6. The SMILES string of the molecule is CC(=O)Oc1cc(-c2oc3cc(OCc4ccccc4)cc(OCc4ccccc4)c3c(=O)c2OCc2ccccc2)ccc1OCc1ccccc1.CC(=O)Oc1cc(OC(C)=O)c2c(=O)c(OC(C)=O)c(-c3ccc(OC(C)=O)c(OC(C)=O)c3)oc2c1. The first-order valence-electron chi connectivity index (χ1n) is 27.7. The van der Waals surface area contributed by atoms with Gasteiger partial charge in [-0.25, -0.2) is 0 Å². The van der Waals surface area contributed by atoms with Crippen LogP contribution in [0.25, 0.3) is 44.6 Å². The number of fused-ring (bicyclic) bond motifs is 2. The highest BCUT2D eigenvalue weighted by Gasteiger charge is 2.27. The Labute approximate surface area is 513 Å². The summed E-state index contributed by atoms with van der Waals surface area (Å²) in [6.45, 7) is 7.71. The van der Waals surface area contributed by atoms with Crippen molar-refractivity contribution in [2.45, 2.75) is 68.0 Å². The van der Waals surface area contributed by atoms with E-state index in [-0.39, 0.29) is 106 Å². The summed E-state index contributed by atoms with van der Waals surface area (Å²) in [5.41, 5.74) is 2.90. The minimum Gasteiger partial charge on any atom is -0.489 e. The van der Waals surface area contributed by atoms with Crippen LogP contribution in [0.3, 0.4) is 0 Å². The smallest absolute Gasteiger partial charge is 0.308 e. The van der Waals surface area contributed by atoms with E-state index in [1.165, 1.54) is 31.2 Å². The Morgan fingerprint density at radius 1 is 0.311 bits per heavy atom. The van der Waals surface area contributed by atoms with Crippen molar-refractivity contribution >= 4 is 57.8 Å². The van der Waals surface area contributed by atoms with Crippen LogP contribution in [0, 0.1) is 0 Å². The van der Waals surface area contributed by atoms with Crippen LogP contribution in [0.4, 0.5) is 0 Å². The summed E-state index contributed by atoms with van der Waals surface area (Å²) in [6, 6.07) is 53.2. The van der Waals surface area contributed by atoms with Gasteiger partial charge in [0.1, 0.15) is 71.4 Å². The molecule has 0 spiro atoms. The second-order valence-electron chi connectivity index (χ2n) is 19.7. The zero-order valence-corrected chi connectivity index (χ0v) is 49.3. The van der Waals surface area contributed by atoms with Gasteiger partial charge >= 0.3 is 35.8 Å². The highest BCUT2D eigenvalue weighted by Crippen LogP contribution is 2.42. The molecule has 0 amide bonds. The Balaban J connectivity index is 0.000000228. The fourth-order valence-electron chi connectivity index (χ4n) is 8.96. The average molecular weight is 1220 g/mol. The molecule has 0 bridgehead atoms. The van der Waals surface area contributed by atoms with Crippen LogP contribution in [-0.2, 0) is 55.2 Å². The zero-order valence-electron chi connectivity index (χ0n) is 49.3. The van der Waals surface area contributed by atoms with Gasteiger partial charge in [-0.05, 0) is 58.7 Å². The average Bonchev–Trinajstić information content (AvgIpc) is 0.826. The maximum Gasteiger partial charge on any atom is 0.308 e. The normalized spacial score (nSPS) is 10.6. The molecule has 0 aliphatic heterocycles. The van der Waals surface area contributed by atoms with E-state index in [0.717, 1.165) is 62.9 Å². The number of rotatable bonds is 20. The van der Waals surface area contributed by atoms with Gasteiger partial charge in [0.05, 0.1) is 0 Å². The Kier molecular flexibility index (Phi) is 20.3. The first-order chi connectivity index (χ1) is 43.3. The highest BCUT2D eigenvalue weighted by atomic mass is 16.6. The third-order valence-electron chi connectivity index (χ3n) is 12.7. The maximum absolute atomic E-state index is 14.6. The molecule has 456 valence electrons. The summed E-state index contributed by atoms with van der Waals surface area (Å²) >= 11 is 0. The predicted molar refractivity (Wildman–Crippen MR) is 327 cm³/mol. The number of hydrogen-bond donors (Lipinski definition) is 0. The number of hydrogen-bond acceptors (Lipinski definition) is 20. The van der Waals surface area contributed by atoms with E-state index in [2.05, 4.69) is 0 Å². The zero-order chi connectivity index (χ0) is 63.8. The molecule has 0 aliphatic carbocycles. The quantitative estimate of drug-likeness (QED) is 0.0507. The number of esters is 6. The van der Waals surface area contributed by atoms with Gasteiger partial charge in [-0.1, -0.05) is 121 Å². The van der Waals surface area contributed by atoms with Gasteiger partial charge in [0.15, 0.2) is 34.5 Å². The lowest BCUT2D eigenvalue weighted by Gasteiger charge is -2.17. The van der Waals surface area contributed by atoms with Crippen molar-refractivity contribution in [3.05, 3.63) is 225 Å². The van der Waals surface area contributed by atoms with Crippen molar-refractivity contribution in [2.24, 2.45) is 0 Å². The van der Waals surface area contributed by atoms with E-state index in [1.54, 1.807) is 30.3 Å². The molecule has 90 heavy (non-hydrogen) atoms. The molecular formula is C70H56O20. The molecule has 2 aromatic heterocycles. The molecule has 20 heteroatoms. The molecule has 0 N–H and O–H groups in total. The topological polar surface area (TPSA) is 255 Å². The van der Waals surface area contributed by atoms with E-state index in [0.29, 0.717) is 17.1 Å². The van der Waals surface area contributed by atoms with E-state index < -0.39 is 52.4 Å². The molecule has 0 saturated heterocycles. The van der Waals surface area contributed by atoms with E-state index in [4.69, 9.17) is 56.2 Å². The molecule has 8 aromatic carbocycles. The summed E-state index contributed by atoms with van der Waals surface area (Å²) in [5.74, 6) is -4.51. The van der Waals surface area contributed by atoms with Crippen LogP contribution < -0.4 is 58.2 Å². The lowest BCUT2D eigenvalue weighted by Crippen LogP contribution is -2.15. The summed E-state index contributed by atoms with van der Waals surface area (Å²) in [7, 11) is 0. The number of benzene rings is 8. The van der Waals surface area contributed by atoms with Gasteiger partial charge in [0.2, 0.25) is 22.4 Å². The molecule has 0 saturated carbocycles. The van der Waals surface area contributed by atoms with Crippen molar-refractivity contribution in [1.82, 2.24) is 0 Å². The van der Waals surface area contributed by atoms with Gasteiger partial charge < -0.3 is 56.2 Å². The second kappa shape index (κ2) is 29.1. The molecule has 10 aromatic rings. The van der Waals surface area contributed by atoms with Crippen LogP contribution in [0.15, 0.2) is 200 Å². The fourth-order valence-corrected chi connectivity index (χ4v) is 8.96. The molecule has 0 unspecified atom stereocenters. The van der Waals surface area contributed by atoms with Crippen molar-refractivity contribution in [3.8, 4) is 80.1 Å². The minimum atomic E-state index is -0.893. The number of carbonyl (C=O) groups excluding carboxylic acids is 6. The van der Waals surface area contributed by atoms with Crippen LogP contribution in [0.2, 0.25) is 0 Å². The Hall–Kier alpha value is -11.8. The molecule has 2 heterocycles. The predicted octanol–water partition coefficient (Wildman–Crippen LogP) is 12.8. The van der Waals surface area contributed by atoms with Crippen LogP contribution >= 0.6 is 0 Å². The molecular weight excluding hydrogens is 1160 g/mol. The summed E-state index contributed by atoms with van der Waals surface area (Å²) in [6.07, 6.45) is 0. The van der Waals surface area contributed by atoms with Gasteiger partial charge in [-0.3, -0.25) is 38.4 Å².